The molecule has 0 aromatic heterocycles. The molecule has 0 spiro atoms. The minimum absolute atomic E-state index is 0.268. The van der Waals surface area contributed by atoms with E-state index in [1.54, 1.807) is 0 Å². The lowest BCUT2D eigenvalue weighted by Gasteiger charge is -2.37. The molecule has 0 saturated heterocycles. The topological polar surface area (TPSA) is 17.1 Å². The molecule has 1 nitrogen and oxygen atoms in total. The maximum absolute atomic E-state index is 11.8. The minimum Gasteiger partial charge on any atom is -0.299 e. The molecule has 1 saturated carbocycles. The first-order chi connectivity index (χ1) is 6.08. The third-order valence-electron chi connectivity index (χ3n) is 3.39. The highest BCUT2D eigenvalue weighted by Crippen LogP contribution is 2.41. The van der Waals surface area contributed by atoms with Gasteiger partial charge in [-0.3, -0.25) is 4.79 Å². The number of carbonyl (C=O) groups excluding carboxylic acids is 1. The van der Waals surface area contributed by atoms with Gasteiger partial charge in [0.15, 0.2) is 0 Å². The SMILES string of the molecule is CCCC(=O)C1CCCCC1(C)C. The largest absolute Gasteiger partial charge is 0.299 e. The average molecular weight is 182 g/mol. The Morgan fingerprint density at radius 3 is 2.62 bits per heavy atom. The number of carbonyl (C=O) groups is 1. The van der Waals surface area contributed by atoms with Crippen LogP contribution in [0.4, 0.5) is 0 Å². The monoisotopic (exact) mass is 182 g/mol. The van der Waals surface area contributed by atoms with Gasteiger partial charge in [-0.05, 0) is 24.7 Å². The van der Waals surface area contributed by atoms with Crippen molar-refractivity contribution in [1.82, 2.24) is 0 Å². The number of ketones is 1. The van der Waals surface area contributed by atoms with E-state index in [4.69, 9.17) is 0 Å². The second-order valence-corrected chi connectivity index (χ2v) is 5.00. The van der Waals surface area contributed by atoms with E-state index in [9.17, 15) is 4.79 Å². The van der Waals surface area contributed by atoms with Crippen LogP contribution in [-0.4, -0.2) is 5.78 Å². The fourth-order valence-corrected chi connectivity index (χ4v) is 2.51. The first kappa shape index (κ1) is 10.7. The van der Waals surface area contributed by atoms with Gasteiger partial charge in [0.05, 0.1) is 0 Å². The van der Waals surface area contributed by atoms with Crippen LogP contribution < -0.4 is 0 Å². The summed E-state index contributed by atoms with van der Waals surface area (Å²) in [7, 11) is 0. The van der Waals surface area contributed by atoms with Gasteiger partial charge in [-0.2, -0.15) is 0 Å². The van der Waals surface area contributed by atoms with Crippen molar-refractivity contribution in [3.8, 4) is 0 Å². The van der Waals surface area contributed by atoms with Gasteiger partial charge in [0, 0.05) is 12.3 Å². The Morgan fingerprint density at radius 1 is 1.38 bits per heavy atom. The Labute approximate surface area is 81.9 Å². The molecule has 0 bridgehead atoms. The van der Waals surface area contributed by atoms with Gasteiger partial charge >= 0.3 is 0 Å². The molecule has 0 amide bonds. The fourth-order valence-electron chi connectivity index (χ4n) is 2.51. The second-order valence-electron chi connectivity index (χ2n) is 5.00. The lowest BCUT2D eigenvalue weighted by atomic mass is 9.66. The summed E-state index contributed by atoms with van der Waals surface area (Å²) in [6, 6.07) is 0. The summed E-state index contributed by atoms with van der Waals surface area (Å²) in [4.78, 5) is 11.8. The van der Waals surface area contributed by atoms with E-state index in [1.165, 1.54) is 19.3 Å². The lowest BCUT2D eigenvalue weighted by Crippen LogP contribution is -2.33. The van der Waals surface area contributed by atoms with Crippen molar-refractivity contribution in [2.45, 2.75) is 59.3 Å². The van der Waals surface area contributed by atoms with Gasteiger partial charge in [0.2, 0.25) is 0 Å². The van der Waals surface area contributed by atoms with Gasteiger partial charge in [0.1, 0.15) is 5.78 Å². The lowest BCUT2D eigenvalue weighted by molar-refractivity contribution is -0.128. The maximum atomic E-state index is 11.8. The summed E-state index contributed by atoms with van der Waals surface area (Å²) in [5, 5.41) is 0. The molecular formula is C12H22O. The molecule has 76 valence electrons. The molecule has 1 aliphatic rings. The second kappa shape index (κ2) is 4.26. The van der Waals surface area contributed by atoms with E-state index in [0.29, 0.717) is 11.7 Å². The maximum Gasteiger partial charge on any atom is 0.136 e. The molecule has 0 aromatic rings. The zero-order valence-electron chi connectivity index (χ0n) is 9.23. The summed E-state index contributed by atoms with van der Waals surface area (Å²) in [5.74, 6) is 0.855. The van der Waals surface area contributed by atoms with Crippen molar-refractivity contribution in [3.63, 3.8) is 0 Å². The van der Waals surface area contributed by atoms with E-state index in [0.717, 1.165) is 19.3 Å². The van der Waals surface area contributed by atoms with Crippen molar-refractivity contribution in [3.05, 3.63) is 0 Å². The highest BCUT2D eigenvalue weighted by atomic mass is 16.1. The van der Waals surface area contributed by atoms with Crippen molar-refractivity contribution >= 4 is 5.78 Å². The normalized spacial score (nSPS) is 27.2. The standard InChI is InChI=1S/C12H22O/c1-4-7-11(13)10-8-5-6-9-12(10,2)3/h10H,4-9H2,1-3H3. The van der Waals surface area contributed by atoms with Crippen LogP contribution in [0.3, 0.4) is 0 Å². The third kappa shape index (κ3) is 2.55. The molecule has 1 unspecified atom stereocenters. The van der Waals surface area contributed by atoms with Crippen molar-refractivity contribution in [2.24, 2.45) is 11.3 Å². The molecule has 0 aliphatic heterocycles. The Morgan fingerprint density at radius 2 is 2.08 bits per heavy atom. The van der Waals surface area contributed by atoms with Gasteiger partial charge in [0.25, 0.3) is 0 Å². The van der Waals surface area contributed by atoms with Gasteiger partial charge in [-0.25, -0.2) is 0 Å². The minimum atomic E-state index is 0.268. The predicted molar refractivity (Wildman–Crippen MR) is 55.7 cm³/mol. The molecule has 1 atom stereocenters. The Hall–Kier alpha value is -0.330. The zero-order valence-corrected chi connectivity index (χ0v) is 9.23. The van der Waals surface area contributed by atoms with Crippen LogP contribution in [0.5, 0.6) is 0 Å². The number of hydrogen-bond acceptors (Lipinski definition) is 1. The quantitative estimate of drug-likeness (QED) is 0.652. The molecule has 0 N–H and O–H groups in total. The van der Waals surface area contributed by atoms with Crippen molar-refractivity contribution in [1.29, 1.82) is 0 Å². The Balaban J connectivity index is 2.59. The highest BCUT2D eigenvalue weighted by molar-refractivity contribution is 5.81. The summed E-state index contributed by atoms with van der Waals surface area (Å²) in [6.45, 7) is 6.60. The van der Waals surface area contributed by atoms with Crippen LogP contribution in [0, 0.1) is 11.3 Å². The van der Waals surface area contributed by atoms with Crippen molar-refractivity contribution in [2.75, 3.05) is 0 Å². The van der Waals surface area contributed by atoms with Gasteiger partial charge < -0.3 is 0 Å². The highest BCUT2D eigenvalue weighted by Gasteiger charge is 2.35. The third-order valence-corrected chi connectivity index (χ3v) is 3.39. The number of Topliss-reactive ketones (excluding diaryl/α,β-unsaturated/α-hetero) is 1. The van der Waals surface area contributed by atoms with Gasteiger partial charge in [-0.15, -0.1) is 0 Å². The molecular weight excluding hydrogens is 160 g/mol. The van der Waals surface area contributed by atoms with Crippen LogP contribution in [-0.2, 0) is 4.79 Å². The van der Waals surface area contributed by atoms with Crippen LogP contribution in [0.15, 0.2) is 0 Å². The van der Waals surface area contributed by atoms with Crippen LogP contribution in [0.1, 0.15) is 59.3 Å². The Bertz CT molecular complexity index is 182. The average Bonchev–Trinajstić information content (AvgIpc) is 2.03. The summed E-state index contributed by atoms with van der Waals surface area (Å²) >= 11 is 0. The number of rotatable bonds is 3. The zero-order chi connectivity index (χ0) is 9.90. The molecule has 1 aliphatic carbocycles. The summed E-state index contributed by atoms with van der Waals surface area (Å²) in [6.07, 6.45) is 6.71. The summed E-state index contributed by atoms with van der Waals surface area (Å²) < 4.78 is 0. The van der Waals surface area contributed by atoms with E-state index >= 15 is 0 Å². The molecule has 1 rings (SSSR count). The van der Waals surface area contributed by atoms with E-state index in [1.807, 2.05) is 0 Å². The molecule has 1 fully saturated rings. The van der Waals surface area contributed by atoms with Crippen LogP contribution in [0.2, 0.25) is 0 Å². The smallest absolute Gasteiger partial charge is 0.136 e. The van der Waals surface area contributed by atoms with E-state index in [-0.39, 0.29) is 5.41 Å². The van der Waals surface area contributed by atoms with E-state index in [2.05, 4.69) is 20.8 Å². The first-order valence-corrected chi connectivity index (χ1v) is 5.60. The molecule has 0 heterocycles. The van der Waals surface area contributed by atoms with Crippen molar-refractivity contribution < 1.29 is 4.79 Å². The van der Waals surface area contributed by atoms with Crippen LogP contribution >= 0.6 is 0 Å². The van der Waals surface area contributed by atoms with Gasteiger partial charge in [-0.1, -0.05) is 33.6 Å². The summed E-state index contributed by atoms with van der Waals surface area (Å²) in [5.41, 5.74) is 0.268. The number of hydrogen-bond donors (Lipinski definition) is 0. The van der Waals surface area contributed by atoms with E-state index < -0.39 is 0 Å². The van der Waals surface area contributed by atoms with Crippen LogP contribution in [0.25, 0.3) is 0 Å². The predicted octanol–water partition coefficient (Wildman–Crippen LogP) is 3.57. The molecule has 1 heteroatoms. The fraction of sp³-hybridized carbons (Fsp3) is 0.917. The first-order valence-electron chi connectivity index (χ1n) is 5.60. The molecule has 13 heavy (non-hydrogen) atoms. The molecule has 0 aromatic carbocycles. The molecule has 0 radical (unpaired) electrons. The Kier molecular flexibility index (Phi) is 3.52.